The molecule has 0 radical (unpaired) electrons. The van der Waals surface area contributed by atoms with Gasteiger partial charge in [-0.1, -0.05) is 12.1 Å². The molecule has 1 atom stereocenters. The van der Waals surface area contributed by atoms with Crippen LogP contribution in [0.15, 0.2) is 48.5 Å². The molecule has 1 aromatic heterocycles. The van der Waals surface area contributed by atoms with Gasteiger partial charge in [0.25, 0.3) is 5.91 Å². The fraction of sp³-hybridized carbons (Fsp3) is 0.222. The predicted octanol–water partition coefficient (Wildman–Crippen LogP) is 3.69. The number of carbonyl (C=O) groups excluding carboxylic acids is 1. The van der Waals surface area contributed by atoms with Crippen molar-refractivity contribution in [1.29, 1.82) is 0 Å². The molecule has 118 valence electrons. The van der Waals surface area contributed by atoms with Gasteiger partial charge in [-0.2, -0.15) is 0 Å². The Balaban J connectivity index is 1.87. The van der Waals surface area contributed by atoms with Gasteiger partial charge >= 0.3 is 0 Å². The number of halogens is 1. The fourth-order valence-corrected chi connectivity index (χ4v) is 2.70. The maximum Gasteiger partial charge on any atom is 0.251 e. The van der Waals surface area contributed by atoms with Gasteiger partial charge in [0.15, 0.2) is 0 Å². The van der Waals surface area contributed by atoms with Crippen molar-refractivity contribution in [2.45, 2.75) is 26.4 Å². The van der Waals surface area contributed by atoms with Gasteiger partial charge in [-0.3, -0.25) is 4.79 Å². The van der Waals surface area contributed by atoms with Gasteiger partial charge in [-0.05, 0) is 50.2 Å². The second-order valence-corrected chi connectivity index (χ2v) is 5.41. The highest BCUT2D eigenvalue weighted by atomic mass is 19.1. The number of rotatable bonds is 4. The Morgan fingerprint density at radius 1 is 1.22 bits per heavy atom. The van der Waals surface area contributed by atoms with Gasteiger partial charge < -0.3 is 9.88 Å². The van der Waals surface area contributed by atoms with Crippen LogP contribution < -0.4 is 5.32 Å². The molecule has 0 saturated heterocycles. The molecule has 5 heteroatoms. The molecule has 4 nitrogen and oxygen atoms in total. The lowest BCUT2D eigenvalue weighted by Crippen LogP contribution is -2.28. The summed E-state index contributed by atoms with van der Waals surface area (Å²) in [5.74, 6) is 0.207. The zero-order valence-electron chi connectivity index (χ0n) is 13.1. The predicted molar refractivity (Wildman–Crippen MR) is 87.7 cm³/mol. The maximum atomic E-state index is 12.9. The molecule has 0 aliphatic rings. The first-order valence-corrected chi connectivity index (χ1v) is 7.61. The Morgan fingerprint density at radius 3 is 2.61 bits per heavy atom. The van der Waals surface area contributed by atoms with Gasteiger partial charge in [0, 0.05) is 12.1 Å². The number of amides is 1. The van der Waals surface area contributed by atoms with Gasteiger partial charge in [0.05, 0.1) is 17.1 Å². The van der Waals surface area contributed by atoms with Crippen LogP contribution >= 0.6 is 0 Å². The zero-order chi connectivity index (χ0) is 16.4. The van der Waals surface area contributed by atoms with Crippen molar-refractivity contribution in [2.75, 3.05) is 0 Å². The minimum absolute atomic E-state index is 0.243. The van der Waals surface area contributed by atoms with Crippen LogP contribution in [0.25, 0.3) is 11.0 Å². The van der Waals surface area contributed by atoms with Crippen LogP contribution in [-0.2, 0) is 6.54 Å². The van der Waals surface area contributed by atoms with Crippen LogP contribution in [0, 0.1) is 5.82 Å². The van der Waals surface area contributed by atoms with Gasteiger partial charge in [-0.25, -0.2) is 9.37 Å². The lowest BCUT2D eigenvalue weighted by molar-refractivity contribution is 0.0937. The number of imidazole rings is 1. The van der Waals surface area contributed by atoms with Gasteiger partial charge in [-0.15, -0.1) is 0 Å². The van der Waals surface area contributed by atoms with E-state index in [0.717, 1.165) is 23.4 Å². The van der Waals surface area contributed by atoms with Crippen molar-refractivity contribution in [3.8, 4) is 0 Å². The number of aromatic nitrogens is 2. The summed E-state index contributed by atoms with van der Waals surface area (Å²) in [6.07, 6.45) is 0. The first-order valence-electron chi connectivity index (χ1n) is 7.61. The maximum absolute atomic E-state index is 12.9. The molecule has 1 N–H and O–H groups in total. The molecule has 0 aliphatic carbocycles. The summed E-state index contributed by atoms with van der Waals surface area (Å²) in [5, 5.41) is 2.92. The smallest absolute Gasteiger partial charge is 0.251 e. The summed E-state index contributed by atoms with van der Waals surface area (Å²) in [6, 6.07) is 13.1. The van der Waals surface area contributed by atoms with E-state index < -0.39 is 0 Å². The first kappa shape index (κ1) is 15.2. The SMILES string of the molecule is CCn1c([C@H](C)NC(=O)c2ccc(F)cc2)nc2ccccc21. The van der Waals surface area contributed by atoms with Crippen molar-refractivity contribution in [1.82, 2.24) is 14.9 Å². The Bertz CT molecular complexity index is 839. The highest BCUT2D eigenvalue weighted by molar-refractivity contribution is 5.94. The van der Waals surface area contributed by atoms with Crippen LogP contribution in [0.5, 0.6) is 0 Å². The lowest BCUT2D eigenvalue weighted by Gasteiger charge is -2.15. The number of aryl methyl sites for hydroxylation is 1. The Kier molecular flexibility index (Phi) is 4.10. The Labute approximate surface area is 134 Å². The topological polar surface area (TPSA) is 46.9 Å². The van der Waals surface area contributed by atoms with Gasteiger partial charge in [0.1, 0.15) is 11.6 Å². The lowest BCUT2D eigenvalue weighted by atomic mass is 10.2. The average Bonchev–Trinajstić information content (AvgIpc) is 2.94. The molecule has 0 fully saturated rings. The second-order valence-electron chi connectivity index (χ2n) is 5.41. The number of benzene rings is 2. The van der Waals surface area contributed by atoms with E-state index in [1.165, 1.54) is 24.3 Å². The number of para-hydroxylation sites is 2. The van der Waals surface area contributed by atoms with E-state index in [9.17, 15) is 9.18 Å². The Morgan fingerprint density at radius 2 is 1.91 bits per heavy atom. The number of nitrogens with zero attached hydrogens (tertiary/aromatic N) is 2. The minimum Gasteiger partial charge on any atom is -0.342 e. The number of fused-ring (bicyclic) bond motifs is 1. The molecule has 0 unspecified atom stereocenters. The minimum atomic E-state index is -0.359. The van der Waals surface area contributed by atoms with E-state index in [1.807, 2.05) is 38.1 Å². The van der Waals surface area contributed by atoms with E-state index in [0.29, 0.717) is 5.56 Å². The summed E-state index contributed by atoms with van der Waals surface area (Å²) in [5.41, 5.74) is 2.39. The molecule has 23 heavy (non-hydrogen) atoms. The van der Waals surface area contributed by atoms with Gasteiger partial charge in [0.2, 0.25) is 0 Å². The van der Waals surface area contributed by atoms with E-state index in [-0.39, 0.29) is 17.8 Å². The van der Waals surface area contributed by atoms with Crippen molar-refractivity contribution in [2.24, 2.45) is 0 Å². The molecule has 1 heterocycles. The van der Waals surface area contributed by atoms with Crippen molar-refractivity contribution < 1.29 is 9.18 Å². The first-order chi connectivity index (χ1) is 11.1. The van der Waals surface area contributed by atoms with E-state index >= 15 is 0 Å². The number of hydrogen-bond donors (Lipinski definition) is 1. The fourth-order valence-electron chi connectivity index (χ4n) is 2.70. The number of carbonyl (C=O) groups is 1. The van der Waals surface area contributed by atoms with Crippen molar-refractivity contribution >= 4 is 16.9 Å². The summed E-state index contributed by atoms with van der Waals surface area (Å²) < 4.78 is 15.0. The third kappa shape index (κ3) is 2.95. The number of nitrogens with one attached hydrogen (secondary N) is 1. The molecule has 1 amide bonds. The van der Waals surface area contributed by atoms with Crippen molar-refractivity contribution in [3.63, 3.8) is 0 Å². The summed E-state index contributed by atoms with van der Waals surface area (Å²) in [6.45, 7) is 4.72. The normalized spacial score (nSPS) is 12.3. The van der Waals surface area contributed by atoms with E-state index in [2.05, 4.69) is 14.9 Å². The molecule has 3 rings (SSSR count). The molecule has 3 aromatic rings. The van der Waals surface area contributed by atoms with Crippen molar-refractivity contribution in [3.05, 3.63) is 65.7 Å². The van der Waals surface area contributed by atoms with Crippen LogP contribution in [0.2, 0.25) is 0 Å². The quantitative estimate of drug-likeness (QED) is 0.799. The summed E-state index contributed by atoms with van der Waals surface area (Å²) in [7, 11) is 0. The molecule has 0 bridgehead atoms. The number of hydrogen-bond acceptors (Lipinski definition) is 2. The Hall–Kier alpha value is -2.69. The summed E-state index contributed by atoms with van der Waals surface area (Å²) >= 11 is 0. The van der Waals surface area contributed by atoms with Crippen LogP contribution in [0.3, 0.4) is 0 Å². The largest absolute Gasteiger partial charge is 0.342 e. The molecule has 0 saturated carbocycles. The average molecular weight is 311 g/mol. The summed E-state index contributed by atoms with van der Waals surface area (Å²) in [4.78, 5) is 16.9. The molecular formula is C18H18FN3O. The molecular weight excluding hydrogens is 293 g/mol. The highest BCUT2D eigenvalue weighted by Crippen LogP contribution is 2.21. The van der Waals surface area contributed by atoms with Crippen LogP contribution in [0.1, 0.15) is 36.1 Å². The van der Waals surface area contributed by atoms with E-state index in [4.69, 9.17) is 0 Å². The van der Waals surface area contributed by atoms with Crippen LogP contribution in [-0.4, -0.2) is 15.5 Å². The second kappa shape index (κ2) is 6.20. The molecule has 0 aliphatic heterocycles. The highest BCUT2D eigenvalue weighted by Gasteiger charge is 2.18. The molecule has 2 aromatic carbocycles. The third-order valence-electron chi connectivity index (χ3n) is 3.84. The standard InChI is InChI=1S/C18H18FN3O/c1-3-22-16-7-5-4-6-15(16)21-17(22)12(2)20-18(23)13-8-10-14(19)11-9-13/h4-12H,3H2,1-2H3,(H,20,23)/t12-/m0/s1. The van der Waals surface area contributed by atoms with E-state index in [1.54, 1.807) is 0 Å². The third-order valence-corrected chi connectivity index (χ3v) is 3.84. The van der Waals surface area contributed by atoms with Crippen LogP contribution in [0.4, 0.5) is 4.39 Å². The zero-order valence-corrected chi connectivity index (χ0v) is 13.1. The monoisotopic (exact) mass is 311 g/mol. The molecule has 0 spiro atoms.